The van der Waals surface area contributed by atoms with Gasteiger partial charge in [-0.25, -0.2) is 0 Å². The van der Waals surface area contributed by atoms with Gasteiger partial charge in [0.15, 0.2) is 0 Å². The van der Waals surface area contributed by atoms with Crippen LogP contribution in [0.15, 0.2) is 48.5 Å². The first-order valence-electron chi connectivity index (χ1n) is 5.87. The number of para-hydroxylation sites is 2. The Labute approximate surface area is 100 Å². The molecular formula is C15H14O2. The van der Waals surface area contributed by atoms with Gasteiger partial charge in [0.05, 0.1) is 0 Å². The topological polar surface area (TPSA) is 29.5 Å². The lowest BCUT2D eigenvalue weighted by Crippen LogP contribution is -2.15. The van der Waals surface area contributed by atoms with Crippen LogP contribution in [-0.4, -0.2) is 5.11 Å². The average Bonchev–Trinajstić information content (AvgIpc) is 2.39. The quantitative estimate of drug-likeness (QED) is 0.806. The lowest BCUT2D eigenvalue weighted by molar-refractivity contribution is 0.173. The predicted octanol–water partition coefficient (Wildman–Crippen LogP) is 3.46. The fourth-order valence-corrected chi connectivity index (χ4v) is 2.30. The number of ether oxygens (including phenoxy) is 1. The maximum Gasteiger partial charge on any atom is 0.128 e. The van der Waals surface area contributed by atoms with Crippen molar-refractivity contribution in [3.8, 4) is 11.5 Å². The molecular weight excluding hydrogens is 212 g/mol. The summed E-state index contributed by atoms with van der Waals surface area (Å²) >= 11 is 0. The molecule has 1 aliphatic heterocycles. The Morgan fingerprint density at radius 3 is 2.65 bits per heavy atom. The molecule has 0 amide bonds. The van der Waals surface area contributed by atoms with Crippen molar-refractivity contribution in [2.45, 2.75) is 18.9 Å². The molecule has 0 spiro atoms. The number of aromatic hydroxyl groups is 1. The van der Waals surface area contributed by atoms with Crippen LogP contribution in [0.25, 0.3) is 0 Å². The summed E-state index contributed by atoms with van der Waals surface area (Å²) in [4.78, 5) is 0. The van der Waals surface area contributed by atoms with E-state index in [1.807, 2.05) is 36.4 Å². The van der Waals surface area contributed by atoms with Crippen LogP contribution in [0.1, 0.15) is 23.7 Å². The smallest absolute Gasteiger partial charge is 0.128 e. The zero-order valence-corrected chi connectivity index (χ0v) is 9.47. The van der Waals surface area contributed by atoms with E-state index in [1.165, 1.54) is 5.56 Å². The standard InChI is InChI=1S/C15H14O2/c16-13-7-3-2-6-12(13)15-10-9-11-5-1-4-8-14(11)17-15/h1-8,15-16H,9-10H2. The third-order valence-electron chi connectivity index (χ3n) is 3.20. The van der Waals surface area contributed by atoms with Crippen LogP contribution >= 0.6 is 0 Å². The van der Waals surface area contributed by atoms with E-state index < -0.39 is 0 Å². The van der Waals surface area contributed by atoms with Crippen molar-refractivity contribution in [1.29, 1.82) is 0 Å². The van der Waals surface area contributed by atoms with E-state index in [9.17, 15) is 5.11 Å². The molecule has 1 N–H and O–H groups in total. The van der Waals surface area contributed by atoms with E-state index in [0.717, 1.165) is 24.2 Å². The van der Waals surface area contributed by atoms with E-state index in [4.69, 9.17) is 4.74 Å². The summed E-state index contributed by atoms with van der Waals surface area (Å²) in [6.45, 7) is 0. The molecule has 86 valence electrons. The van der Waals surface area contributed by atoms with Crippen LogP contribution in [0.5, 0.6) is 11.5 Å². The highest BCUT2D eigenvalue weighted by molar-refractivity contribution is 5.39. The van der Waals surface area contributed by atoms with Crippen molar-refractivity contribution in [1.82, 2.24) is 0 Å². The third kappa shape index (κ3) is 1.86. The van der Waals surface area contributed by atoms with E-state index in [1.54, 1.807) is 6.07 Å². The van der Waals surface area contributed by atoms with E-state index >= 15 is 0 Å². The predicted molar refractivity (Wildman–Crippen MR) is 66.2 cm³/mol. The van der Waals surface area contributed by atoms with Crippen LogP contribution in [0.4, 0.5) is 0 Å². The van der Waals surface area contributed by atoms with Gasteiger partial charge in [0, 0.05) is 5.56 Å². The van der Waals surface area contributed by atoms with Crippen LogP contribution < -0.4 is 4.74 Å². The normalized spacial score (nSPS) is 18.2. The van der Waals surface area contributed by atoms with Crippen LogP contribution in [0.3, 0.4) is 0 Å². The van der Waals surface area contributed by atoms with Gasteiger partial charge in [-0.1, -0.05) is 36.4 Å². The number of aryl methyl sites for hydroxylation is 1. The number of rotatable bonds is 1. The molecule has 17 heavy (non-hydrogen) atoms. The summed E-state index contributed by atoms with van der Waals surface area (Å²) < 4.78 is 5.94. The summed E-state index contributed by atoms with van der Waals surface area (Å²) in [6, 6.07) is 15.5. The summed E-state index contributed by atoms with van der Waals surface area (Å²) in [7, 11) is 0. The molecule has 0 aromatic heterocycles. The Bertz CT molecular complexity index is 534. The molecule has 2 nitrogen and oxygen atoms in total. The van der Waals surface area contributed by atoms with Gasteiger partial charge in [-0.2, -0.15) is 0 Å². The first-order chi connectivity index (χ1) is 8.34. The van der Waals surface area contributed by atoms with Gasteiger partial charge in [0.25, 0.3) is 0 Å². The summed E-state index contributed by atoms with van der Waals surface area (Å²) in [5.74, 6) is 1.25. The molecule has 1 atom stereocenters. The van der Waals surface area contributed by atoms with Crippen LogP contribution in [0, 0.1) is 0 Å². The highest BCUT2D eigenvalue weighted by atomic mass is 16.5. The molecule has 0 saturated heterocycles. The Morgan fingerprint density at radius 2 is 1.76 bits per heavy atom. The highest BCUT2D eigenvalue weighted by Gasteiger charge is 2.22. The van der Waals surface area contributed by atoms with Gasteiger partial charge < -0.3 is 9.84 Å². The maximum atomic E-state index is 9.83. The molecule has 2 aromatic carbocycles. The second-order valence-electron chi connectivity index (χ2n) is 4.31. The Balaban J connectivity index is 1.92. The second kappa shape index (κ2) is 4.13. The maximum absolute atomic E-state index is 9.83. The van der Waals surface area contributed by atoms with E-state index in [-0.39, 0.29) is 6.10 Å². The highest BCUT2D eigenvalue weighted by Crippen LogP contribution is 2.37. The molecule has 3 rings (SSSR count). The number of fused-ring (bicyclic) bond motifs is 1. The summed E-state index contributed by atoms with van der Waals surface area (Å²) in [6.07, 6.45) is 1.87. The lowest BCUT2D eigenvalue weighted by Gasteiger charge is -2.26. The zero-order valence-electron chi connectivity index (χ0n) is 9.47. The second-order valence-corrected chi connectivity index (χ2v) is 4.31. The average molecular weight is 226 g/mol. The van der Waals surface area contributed by atoms with Crippen molar-refractivity contribution in [3.05, 3.63) is 59.7 Å². The van der Waals surface area contributed by atoms with Gasteiger partial charge in [-0.3, -0.25) is 0 Å². The molecule has 0 bridgehead atoms. The van der Waals surface area contributed by atoms with Crippen molar-refractivity contribution >= 4 is 0 Å². The number of phenolic OH excluding ortho intramolecular Hbond substituents is 1. The Kier molecular flexibility index (Phi) is 2.48. The van der Waals surface area contributed by atoms with Crippen molar-refractivity contribution in [2.75, 3.05) is 0 Å². The molecule has 2 aromatic rings. The van der Waals surface area contributed by atoms with Gasteiger partial charge in [-0.15, -0.1) is 0 Å². The molecule has 1 unspecified atom stereocenters. The third-order valence-corrected chi connectivity index (χ3v) is 3.20. The lowest BCUT2D eigenvalue weighted by atomic mass is 9.97. The fraction of sp³-hybridized carbons (Fsp3) is 0.200. The number of hydrogen-bond donors (Lipinski definition) is 1. The minimum Gasteiger partial charge on any atom is -0.508 e. The van der Waals surface area contributed by atoms with E-state index in [2.05, 4.69) is 6.07 Å². The van der Waals surface area contributed by atoms with Crippen LogP contribution in [-0.2, 0) is 6.42 Å². The fourth-order valence-electron chi connectivity index (χ4n) is 2.30. The molecule has 2 heteroatoms. The molecule has 0 fully saturated rings. The van der Waals surface area contributed by atoms with Gasteiger partial charge >= 0.3 is 0 Å². The molecule has 1 heterocycles. The van der Waals surface area contributed by atoms with Crippen molar-refractivity contribution in [3.63, 3.8) is 0 Å². The minimum atomic E-state index is -0.0360. The molecule has 1 aliphatic rings. The summed E-state index contributed by atoms with van der Waals surface area (Å²) in [5, 5.41) is 9.83. The van der Waals surface area contributed by atoms with Gasteiger partial charge in [0.1, 0.15) is 17.6 Å². The largest absolute Gasteiger partial charge is 0.508 e. The van der Waals surface area contributed by atoms with Crippen molar-refractivity contribution < 1.29 is 9.84 Å². The number of benzene rings is 2. The van der Waals surface area contributed by atoms with Crippen molar-refractivity contribution in [2.24, 2.45) is 0 Å². The Hall–Kier alpha value is -1.96. The molecule has 0 saturated carbocycles. The first kappa shape index (κ1) is 10.2. The zero-order chi connectivity index (χ0) is 11.7. The number of hydrogen-bond acceptors (Lipinski definition) is 2. The van der Waals surface area contributed by atoms with E-state index in [0.29, 0.717) is 5.75 Å². The summed E-state index contributed by atoms with van der Waals surface area (Å²) in [5.41, 5.74) is 2.13. The first-order valence-corrected chi connectivity index (χ1v) is 5.87. The Morgan fingerprint density at radius 1 is 1.00 bits per heavy atom. The SMILES string of the molecule is Oc1ccccc1C1CCc2ccccc2O1. The minimum absolute atomic E-state index is 0.0360. The number of phenols is 1. The van der Waals surface area contributed by atoms with Gasteiger partial charge in [-0.05, 0) is 30.5 Å². The molecule has 0 aliphatic carbocycles. The van der Waals surface area contributed by atoms with Gasteiger partial charge in [0.2, 0.25) is 0 Å². The molecule has 0 radical (unpaired) electrons. The van der Waals surface area contributed by atoms with Crippen LogP contribution in [0.2, 0.25) is 0 Å². The monoisotopic (exact) mass is 226 g/mol.